The summed E-state index contributed by atoms with van der Waals surface area (Å²) >= 11 is 0. The molecule has 0 amide bonds. The van der Waals surface area contributed by atoms with Crippen molar-refractivity contribution in [1.82, 2.24) is 15.0 Å². The number of aryl methyl sites for hydroxylation is 2. The predicted octanol–water partition coefficient (Wildman–Crippen LogP) is 2.33. The normalized spacial score (nSPS) is 10.3. The van der Waals surface area contributed by atoms with Crippen LogP contribution in [0.5, 0.6) is 0 Å². The van der Waals surface area contributed by atoms with Crippen LogP contribution < -0.4 is 0 Å². The number of aromatic nitrogens is 3. The first-order chi connectivity index (χ1) is 9.13. The summed E-state index contributed by atoms with van der Waals surface area (Å²) in [4.78, 5) is 24.2. The number of carbonyl (C=O) groups is 1. The van der Waals surface area contributed by atoms with Crippen LogP contribution in [0.25, 0.3) is 11.3 Å². The highest BCUT2D eigenvalue weighted by Gasteiger charge is 2.16. The molecule has 0 radical (unpaired) electrons. The standard InChI is InChI=1S/C14H15N3O2/c1-4-19-14(18)13-9(2)5-12(17-10(13)3)11-6-15-8-16-7-11/h5-8H,4H2,1-3H3. The van der Waals surface area contributed by atoms with Crippen LogP contribution in [0.15, 0.2) is 24.8 Å². The Bertz CT molecular complexity index is 574. The number of esters is 1. The van der Waals surface area contributed by atoms with Crippen molar-refractivity contribution in [1.29, 1.82) is 0 Å². The van der Waals surface area contributed by atoms with Gasteiger partial charge in [0.15, 0.2) is 0 Å². The smallest absolute Gasteiger partial charge is 0.340 e. The highest BCUT2D eigenvalue weighted by Crippen LogP contribution is 2.21. The van der Waals surface area contributed by atoms with Gasteiger partial charge in [-0.2, -0.15) is 0 Å². The Hall–Kier alpha value is -2.30. The molecule has 0 saturated carbocycles. The third kappa shape index (κ3) is 2.76. The zero-order chi connectivity index (χ0) is 13.8. The van der Waals surface area contributed by atoms with Crippen LogP contribution in [0.1, 0.15) is 28.5 Å². The van der Waals surface area contributed by atoms with Gasteiger partial charge < -0.3 is 4.74 Å². The molecule has 5 heteroatoms. The van der Waals surface area contributed by atoms with Gasteiger partial charge in [0.2, 0.25) is 0 Å². The van der Waals surface area contributed by atoms with Crippen LogP contribution in [0.2, 0.25) is 0 Å². The molecule has 0 aliphatic heterocycles. The van der Waals surface area contributed by atoms with Gasteiger partial charge in [-0.15, -0.1) is 0 Å². The second kappa shape index (κ2) is 5.56. The summed E-state index contributed by atoms with van der Waals surface area (Å²) in [5.74, 6) is -0.333. The molecule has 0 aliphatic carbocycles. The highest BCUT2D eigenvalue weighted by molar-refractivity contribution is 5.92. The molecule has 2 aromatic rings. The fraction of sp³-hybridized carbons (Fsp3) is 0.286. The van der Waals surface area contributed by atoms with Crippen LogP contribution in [-0.4, -0.2) is 27.5 Å². The summed E-state index contributed by atoms with van der Waals surface area (Å²) in [7, 11) is 0. The lowest BCUT2D eigenvalue weighted by Crippen LogP contribution is -2.10. The molecule has 2 aromatic heterocycles. The van der Waals surface area contributed by atoms with E-state index in [9.17, 15) is 4.79 Å². The van der Waals surface area contributed by atoms with Crippen molar-refractivity contribution in [3.05, 3.63) is 41.6 Å². The van der Waals surface area contributed by atoms with Gasteiger partial charge in [0, 0.05) is 18.0 Å². The largest absolute Gasteiger partial charge is 0.462 e. The van der Waals surface area contributed by atoms with Crippen LogP contribution in [-0.2, 0) is 4.74 Å². The molecule has 0 spiro atoms. The fourth-order valence-electron chi connectivity index (χ4n) is 1.92. The lowest BCUT2D eigenvalue weighted by atomic mass is 10.0. The molecule has 0 saturated heterocycles. The van der Waals surface area contributed by atoms with Gasteiger partial charge in [0.05, 0.1) is 23.6 Å². The second-order valence-corrected chi connectivity index (χ2v) is 4.13. The van der Waals surface area contributed by atoms with Crippen LogP contribution in [0.3, 0.4) is 0 Å². The second-order valence-electron chi connectivity index (χ2n) is 4.13. The maximum absolute atomic E-state index is 11.8. The number of carbonyl (C=O) groups excluding carboxylic acids is 1. The molecular weight excluding hydrogens is 242 g/mol. The van der Waals surface area contributed by atoms with E-state index in [4.69, 9.17) is 4.74 Å². The van der Waals surface area contributed by atoms with Crippen molar-refractivity contribution in [2.45, 2.75) is 20.8 Å². The minimum absolute atomic E-state index is 0.333. The van der Waals surface area contributed by atoms with E-state index in [0.29, 0.717) is 17.9 Å². The minimum Gasteiger partial charge on any atom is -0.462 e. The Labute approximate surface area is 111 Å². The molecule has 2 heterocycles. The number of hydrogen-bond donors (Lipinski definition) is 0. The summed E-state index contributed by atoms with van der Waals surface area (Å²) in [5, 5.41) is 0. The SMILES string of the molecule is CCOC(=O)c1c(C)cc(-c2cncnc2)nc1C. The first-order valence-electron chi connectivity index (χ1n) is 6.04. The molecular formula is C14H15N3O2. The van der Waals surface area contributed by atoms with Crippen LogP contribution in [0.4, 0.5) is 0 Å². The van der Waals surface area contributed by atoms with Gasteiger partial charge in [-0.3, -0.25) is 4.98 Å². The third-order valence-corrected chi connectivity index (χ3v) is 2.73. The summed E-state index contributed by atoms with van der Waals surface area (Å²) in [6, 6.07) is 1.85. The van der Waals surface area contributed by atoms with Crippen LogP contribution >= 0.6 is 0 Å². The lowest BCUT2D eigenvalue weighted by Gasteiger charge is -2.10. The molecule has 0 fully saturated rings. The van der Waals surface area contributed by atoms with Gasteiger partial charge in [-0.1, -0.05) is 0 Å². The minimum atomic E-state index is -0.333. The molecule has 0 aliphatic rings. The number of hydrogen-bond acceptors (Lipinski definition) is 5. The Balaban J connectivity index is 2.45. The number of nitrogens with zero attached hydrogens (tertiary/aromatic N) is 3. The van der Waals surface area contributed by atoms with E-state index in [1.807, 2.05) is 13.0 Å². The van der Waals surface area contributed by atoms with E-state index in [1.54, 1.807) is 26.2 Å². The first kappa shape index (κ1) is 13.1. The summed E-state index contributed by atoms with van der Waals surface area (Å²) in [5.41, 5.74) is 3.59. The molecule has 0 unspecified atom stereocenters. The Morgan fingerprint density at radius 2 is 1.95 bits per heavy atom. The van der Waals surface area contributed by atoms with Crippen molar-refractivity contribution in [2.24, 2.45) is 0 Å². The van der Waals surface area contributed by atoms with E-state index in [1.165, 1.54) is 6.33 Å². The van der Waals surface area contributed by atoms with E-state index in [-0.39, 0.29) is 5.97 Å². The molecule has 2 rings (SSSR count). The van der Waals surface area contributed by atoms with E-state index < -0.39 is 0 Å². The van der Waals surface area contributed by atoms with Gasteiger partial charge in [-0.05, 0) is 32.4 Å². The maximum atomic E-state index is 11.8. The monoisotopic (exact) mass is 257 g/mol. The number of pyridine rings is 1. The maximum Gasteiger partial charge on any atom is 0.340 e. The summed E-state index contributed by atoms with van der Waals surface area (Å²) in [6.45, 7) is 5.80. The first-order valence-corrected chi connectivity index (χ1v) is 6.04. The fourth-order valence-corrected chi connectivity index (χ4v) is 1.92. The molecule has 19 heavy (non-hydrogen) atoms. The Morgan fingerprint density at radius 3 is 2.53 bits per heavy atom. The molecule has 5 nitrogen and oxygen atoms in total. The van der Waals surface area contributed by atoms with Crippen molar-refractivity contribution in [2.75, 3.05) is 6.61 Å². The predicted molar refractivity (Wildman–Crippen MR) is 70.7 cm³/mol. The molecule has 0 aromatic carbocycles. The topological polar surface area (TPSA) is 65.0 Å². The van der Waals surface area contributed by atoms with E-state index >= 15 is 0 Å². The van der Waals surface area contributed by atoms with Crippen molar-refractivity contribution in [3.63, 3.8) is 0 Å². The van der Waals surface area contributed by atoms with Gasteiger partial charge in [0.1, 0.15) is 6.33 Å². The summed E-state index contributed by atoms with van der Waals surface area (Å²) < 4.78 is 5.03. The molecule has 0 N–H and O–H groups in total. The zero-order valence-corrected chi connectivity index (χ0v) is 11.2. The van der Waals surface area contributed by atoms with Crippen molar-refractivity contribution >= 4 is 5.97 Å². The summed E-state index contributed by atoms with van der Waals surface area (Å²) in [6.07, 6.45) is 4.85. The average molecular weight is 257 g/mol. The number of ether oxygens (including phenoxy) is 1. The zero-order valence-electron chi connectivity index (χ0n) is 11.2. The molecule has 98 valence electrons. The molecule has 0 bridgehead atoms. The highest BCUT2D eigenvalue weighted by atomic mass is 16.5. The van der Waals surface area contributed by atoms with Gasteiger partial charge in [0.25, 0.3) is 0 Å². The van der Waals surface area contributed by atoms with Gasteiger partial charge >= 0.3 is 5.97 Å². The average Bonchev–Trinajstić information content (AvgIpc) is 2.39. The van der Waals surface area contributed by atoms with Gasteiger partial charge in [-0.25, -0.2) is 14.8 Å². The Kier molecular flexibility index (Phi) is 3.85. The molecule has 0 atom stereocenters. The van der Waals surface area contributed by atoms with E-state index in [2.05, 4.69) is 15.0 Å². The van der Waals surface area contributed by atoms with Crippen molar-refractivity contribution in [3.8, 4) is 11.3 Å². The number of rotatable bonds is 3. The van der Waals surface area contributed by atoms with Crippen LogP contribution in [0, 0.1) is 13.8 Å². The quantitative estimate of drug-likeness (QED) is 0.789. The lowest BCUT2D eigenvalue weighted by molar-refractivity contribution is 0.0524. The van der Waals surface area contributed by atoms with Crippen molar-refractivity contribution < 1.29 is 9.53 Å². The Morgan fingerprint density at radius 1 is 1.26 bits per heavy atom. The third-order valence-electron chi connectivity index (χ3n) is 2.73. The van der Waals surface area contributed by atoms with E-state index in [0.717, 1.165) is 16.8 Å².